The minimum absolute atomic E-state index is 0.0640. The predicted molar refractivity (Wildman–Crippen MR) is 106 cm³/mol. The van der Waals surface area contributed by atoms with Crippen molar-refractivity contribution in [3.8, 4) is 5.75 Å². The fraction of sp³-hybridized carbons (Fsp3) is 0.429. The molecule has 2 aromatic rings. The zero-order chi connectivity index (χ0) is 20.1. The zero-order valence-corrected chi connectivity index (χ0v) is 16.6. The van der Waals surface area contributed by atoms with E-state index in [1.165, 1.54) is 0 Å². The average Bonchev–Trinajstić information content (AvgIpc) is 3.32. The number of nitrogens with zero attached hydrogens (tertiary/aromatic N) is 2. The van der Waals surface area contributed by atoms with Crippen molar-refractivity contribution in [2.24, 2.45) is 5.92 Å². The molecular formula is C21H27N3O4. The van der Waals surface area contributed by atoms with Crippen LogP contribution in [0, 0.1) is 5.92 Å². The van der Waals surface area contributed by atoms with E-state index in [0.717, 1.165) is 5.76 Å². The molecule has 0 aliphatic carbocycles. The summed E-state index contributed by atoms with van der Waals surface area (Å²) in [5.74, 6) is 0.872. The number of anilines is 1. The molecule has 0 radical (unpaired) electrons. The van der Waals surface area contributed by atoms with Gasteiger partial charge in [-0.15, -0.1) is 0 Å². The maximum Gasteiger partial charge on any atom is 0.227 e. The van der Waals surface area contributed by atoms with Crippen LogP contribution in [0.15, 0.2) is 47.1 Å². The van der Waals surface area contributed by atoms with E-state index in [-0.39, 0.29) is 30.2 Å². The van der Waals surface area contributed by atoms with Gasteiger partial charge < -0.3 is 19.4 Å². The Labute approximate surface area is 165 Å². The molecule has 7 nitrogen and oxygen atoms in total. The molecule has 0 bridgehead atoms. The lowest BCUT2D eigenvalue weighted by Crippen LogP contribution is -2.38. The molecule has 3 rings (SSSR count). The molecule has 1 aromatic heterocycles. The highest BCUT2D eigenvalue weighted by Gasteiger charge is 2.36. The Bertz CT molecular complexity index is 804. The summed E-state index contributed by atoms with van der Waals surface area (Å²) in [7, 11) is 3.87. The highest BCUT2D eigenvalue weighted by molar-refractivity contribution is 6.01. The SMILES string of the molecule is CCOc1ccccc1N1CC(C(=O)NCC(c2ccco2)N(C)C)CC1=O. The summed E-state index contributed by atoms with van der Waals surface area (Å²) in [4.78, 5) is 28.9. The van der Waals surface area contributed by atoms with Gasteiger partial charge >= 0.3 is 0 Å². The fourth-order valence-corrected chi connectivity index (χ4v) is 3.43. The van der Waals surface area contributed by atoms with E-state index in [9.17, 15) is 9.59 Å². The van der Waals surface area contributed by atoms with E-state index < -0.39 is 0 Å². The molecule has 2 atom stereocenters. The lowest BCUT2D eigenvalue weighted by Gasteiger charge is -2.23. The molecule has 0 saturated carbocycles. The highest BCUT2D eigenvalue weighted by Crippen LogP contribution is 2.33. The first-order valence-electron chi connectivity index (χ1n) is 9.51. The van der Waals surface area contributed by atoms with E-state index in [2.05, 4.69) is 5.32 Å². The fourth-order valence-electron chi connectivity index (χ4n) is 3.43. The van der Waals surface area contributed by atoms with E-state index in [0.29, 0.717) is 31.1 Å². The Hall–Kier alpha value is -2.80. The van der Waals surface area contributed by atoms with Gasteiger partial charge in [-0.05, 0) is 45.3 Å². The topological polar surface area (TPSA) is 75.0 Å². The van der Waals surface area contributed by atoms with Crippen LogP contribution in [-0.4, -0.2) is 50.5 Å². The number of carbonyl (C=O) groups is 2. The minimum Gasteiger partial charge on any atom is -0.492 e. The lowest BCUT2D eigenvalue weighted by molar-refractivity contribution is -0.126. The third kappa shape index (κ3) is 4.36. The van der Waals surface area contributed by atoms with Crippen LogP contribution in [0.1, 0.15) is 25.1 Å². The van der Waals surface area contributed by atoms with Crippen LogP contribution >= 0.6 is 0 Å². The van der Waals surface area contributed by atoms with Crippen LogP contribution in [0.5, 0.6) is 5.75 Å². The summed E-state index contributed by atoms with van der Waals surface area (Å²) in [6, 6.07) is 11.1. The molecule has 28 heavy (non-hydrogen) atoms. The van der Waals surface area contributed by atoms with E-state index in [1.54, 1.807) is 11.2 Å². The quantitative estimate of drug-likeness (QED) is 0.756. The van der Waals surface area contributed by atoms with Crippen LogP contribution in [0.25, 0.3) is 0 Å². The normalized spacial score (nSPS) is 17.8. The summed E-state index contributed by atoms with van der Waals surface area (Å²) in [6.45, 7) is 3.18. The number of ether oxygens (including phenoxy) is 1. The second-order valence-electron chi connectivity index (χ2n) is 7.05. The smallest absolute Gasteiger partial charge is 0.227 e. The number of benzene rings is 1. The van der Waals surface area contributed by atoms with Crippen molar-refractivity contribution in [1.29, 1.82) is 0 Å². The molecule has 1 N–H and O–H groups in total. The third-order valence-electron chi connectivity index (χ3n) is 4.92. The van der Waals surface area contributed by atoms with Gasteiger partial charge in [0.15, 0.2) is 0 Å². The molecule has 1 aliphatic heterocycles. The van der Waals surface area contributed by atoms with Crippen LogP contribution < -0.4 is 15.0 Å². The number of para-hydroxylation sites is 2. The molecule has 2 amide bonds. The first-order chi connectivity index (χ1) is 13.5. The van der Waals surface area contributed by atoms with Gasteiger partial charge in [-0.3, -0.25) is 14.5 Å². The number of carbonyl (C=O) groups excluding carboxylic acids is 2. The first kappa shape index (κ1) is 19.9. The Morgan fingerprint density at radius 2 is 2.11 bits per heavy atom. The summed E-state index contributed by atoms with van der Waals surface area (Å²) < 4.78 is 11.1. The van der Waals surface area contributed by atoms with Crippen molar-refractivity contribution in [2.45, 2.75) is 19.4 Å². The molecule has 1 aromatic carbocycles. The van der Waals surface area contributed by atoms with Crippen molar-refractivity contribution in [1.82, 2.24) is 10.2 Å². The van der Waals surface area contributed by atoms with E-state index >= 15 is 0 Å². The number of hydrogen-bond donors (Lipinski definition) is 1. The number of hydrogen-bond acceptors (Lipinski definition) is 5. The van der Waals surface area contributed by atoms with Crippen LogP contribution in [0.4, 0.5) is 5.69 Å². The maximum absolute atomic E-state index is 12.7. The number of likely N-dealkylation sites (N-methyl/N-ethyl adjacent to an activating group) is 1. The van der Waals surface area contributed by atoms with Gasteiger partial charge in [0.1, 0.15) is 11.5 Å². The second kappa shape index (κ2) is 8.93. The molecule has 2 unspecified atom stereocenters. The molecule has 1 saturated heterocycles. The largest absolute Gasteiger partial charge is 0.492 e. The Kier molecular flexibility index (Phi) is 6.36. The van der Waals surface area contributed by atoms with Crippen LogP contribution in [0.2, 0.25) is 0 Å². The number of nitrogens with one attached hydrogen (secondary N) is 1. The lowest BCUT2D eigenvalue weighted by atomic mass is 10.1. The first-order valence-corrected chi connectivity index (χ1v) is 9.51. The summed E-state index contributed by atoms with van der Waals surface area (Å²) in [5.41, 5.74) is 0.714. The molecule has 1 aliphatic rings. The van der Waals surface area contributed by atoms with Crippen LogP contribution in [-0.2, 0) is 9.59 Å². The van der Waals surface area contributed by atoms with E-state index in [1.807, 2.05) is 62.3 Å². The Balaban J connectivity index is 1.64. The minimum atomic E-state index is -0.387. The number of rotatable bonds is 8. The summed E-state index contributed by atoms with van der Waals surface area (Å²) in [6.07, 6.45) is 1.82. The zero-order valence-electron chi connectivity index (χ0n) is 16.6. The number of amides is 2. The highest BCUT2D eigenvalue weighted by atomic mass is 16.5. The predicted octanol–water partition coefficient (Wildman–Crippen LogP) is 2.45. The maximum atomic E-state index is 12.7. The Morgan fingerprint density at radius 3 is 2.79 bits per heavy atom. The monoisotopic (exact) mass is 385 g/mol. The van der Waals surface area contributed by atoms with Crippen molar-refractivity contribution in [3.63, 3.8) is 0 Å². The summed E-state index contributed by atoms with van der Waals surface area (Å²) in [5, 5.41) is 2.98. The van der Waals surface area contributed by atoms with Gasteiger partial charge in [0.25, 0.3) is 0 Å². The molecule has 1 fully saturated rings. The number of furan rings is 1. The average molecular weight is 385 g/mol. The molecule has 2 heterocycles. The van der Waals surface area contributed by atoms with Crippen molar-refractivity contribution < 1.29 is 18.7 Å². The second-order valence-corrected chi connectivity index (χ2v) is 7.05. The van der Waals surface area contributed by atoms with Gasteiger partial charge in [0.05, 0.1) is 30.5 Å². The third-order valence-corrected chi connectivity index (χ3v) is 4.92. The van der Waals surface area contributed by atoms with Gasteiger partial charge in [-0.2, -0.15) is 0 Å². The van der Waals surface area contributed by atoms with E-state index in [4.69, 9.17) is 9.15 Å². The van der Waals surface area contributed by atoms with Gasteiger partial charge in [-0.1, -0.05) is 12.1 Å². The molecule has 150 valence electrons. The van der Waals surface area contributed by atoms with Gasteiger partial charge in [0.2, 0.25) is 11.8 Å². The summed E-state index contributed by atoms with van der Waals surface area (Å²) >= 11 is 0. The molecule has 0 spiro atoms. The van der Waals surface area contributed by atoms with Gasteiger partial charge in [-0.25, -0.2) is 0 Å². The Morgan fingerprint density at radius 1 is 1.32 bits per heavy atom. The molecular weight excluding hydrogens is 358 g/mol. The molecule has 7 heteroatoms. The van der Waals surface area contributed by atoms with Crippen molar-refractivity contribution >= 4 is 17.5 Å². The standard InChI is InChI=1S/C21H27N3O4/c1-4-27-18-9-6-5-8-16(18)24-14-15(12-20(24)25)21(26)22-13-17(23(2)3)19-10-7-11-28-19/h5-11,15,17H,4,12-14H2,1-3H3,(H,22,26). The van der Waals surface area contributed by atoms with Crippen molar-refractivity contribution in [2.75, 3.05) is 38.7 Å². The van der Waals surface area contributed by atoms with Crippen molar-refractivity contribution in [3.05, 3.63) is 48.4 Å². The van der Waals surface area contributed by atoms with Crippen LogP contribution in [0.3, 0.4) is 0 Å². The van der Waals surface area contributed by atoms with Gasteiger partial charge in [0, 0.05) is 19.5 Å².